The van der Waals surface area contributed by atoms with E-state index in [1.54, 1.807) is 12.1 Å². The van der Waals surface area contributed by atoms with Crippen LogP contribution in [-0.2, 0) is 22.4 Å². The summed E-state index contributed by atoms with van der Waals surface area (Å²) in [6.07, 6.45) is 1.69. The number of para-hydroxylation sites is 2. The van der Waals surface area contributed by atoms with Gasteiger partial charge in [-0.15, -0.1) is 0 Å². The van der Waals surface area contributed by atoms with E-state index in [2.05, 4.69) is 15.3 Å². The topological polar surface area (TPSA) is 87.3 Å². The summed E-state index contributed by atoms with van der Waals surface area (Å²) in [6.45, 7) is 1.88. The van der Waals surface area contributed by atoms with Crippen molar-refractivity contribution >= 4 is 28.7 Å². The summed E-state index contributed by atoms with van der Waals surface area (Å²) in [5, 5.41) is 2.63. The zero-order valence-electron chi connectivity index (χ0n) is 20.0. The fraction of sp³-hybridized carbons (Fsp3) is 0.250. The van der Waals surface area contributed by atoms with Crippen molar-refractivity contribution in [2.75, 3.05) is 18.0 Å². The average molecular weight is 487 g/mol. The summed E-state index contributed by atoms with van der Waals surface area (Å²) in [6, 6.07) is 20.6. The zero-order valence-corrected chi connectivity index (χ0v) is 20.0. The molecule has 7 nitrogen and oxygen atoms in total. The predicted molar refractivity (Wildman–Crippen MR) is 136 cm³/mol. The number of aromatic amines is 1. The van der Waals surface area contributed by atoms with Crippen LogP contribution in [0.15, 0.2) is 66.7 Å². The number of ether oxygens (including phenoxy) is 1. The van der Waals surface area contributed by atoms with Gasteiger partial charge in [-0.25, -0.2) is 14.2 Å². The van der Waals surface area contributed by atoms with Gasteiger partial charge in [0.15, 0.2) is 0 Å². The molecule has 0 bridgehead atoms. The van der Waals surface area contributed by atoms with E-state index in [0.717, 1.165) is 41.7 Å². The van der Waals surface area contributed by atoms with Gasteiger partial charge < -0.3 is 15.0 Å². The van der Waals surface area contributed by atoms with Gasteiger partial charge in [0.2, 0.25) is 5.91 Å². The van der Waals surface area contributed by atoms with Crippen LogP contribution in [0.5, 0.6) is 0 Å². The quantitative estimate of drug-likeness (QED) is 0.367. The van der Waals surface area contributed by atoms with Crippen LogP contribution in [0, 0.1) is 5.82 Å². The molecule has 4 aromatic rings. The fourth-order valence-electron chi connectivity index (χ4n) is 4.44. The molecule has 1 saturated heterocycles. The van der Waals surface area contributed by atoms with Crippen molar-refractivity contribution in [2.24, 2.45) is 0 Å². The molecular weight excluding hydrogens is 459 g/mol. The van der Waals surface area contributed by atoms with E-state index in [0.29, 0.717) is 11.3 Å². The maximum absolute atomic E-state index is 15.0. The monoisotopic (exact) mass is 486 g/mol. The maximum Gasteiger partial charge on any atom is 0.414 e. The molecule has 0 unspecified atom stereocenters. The van der Waals surface area contributed by atoms with E-state index in [1.165, 1.54) is 23.5 Å². The fourth-order valence-corrected chi connectivity index (χ4v) is 4.44. The van der Waals surface area contributed by atoms with E-state index in [4.69, 9.17) is 4.74 Å². The lowest BCUT2D eigenvalue weighted by Gasteiger charge is -2.14. The number of carbonyl (C=O) groups excluding carboxylic acids is 2. The highest BCUT2D eigenvalue weighted by molar-refractivity contribution is 5.90. The number of benzene rings is 3. The lowest BCUT2D eigenvalue weighted by atomic mass is 10.0. The summed E-state index contributed by atoms with van der Waals surface area (Å²) in [5.74, 6) is 0.374. The molecule has 1 atom stereocenters. The standard InChI is InChI=1S/C28H27FN4O3/c1-18(34)30-16-22-17-33(28(35)36-22)21-13-14-23(24(29)15-21)20-11-9-19(10-12-20)5-4-8-27-31-25-6-2-3-7-26(25)32-27/h2-3,6-7,9-15,22H,4-5,8,16-17H2,1H3,(H,30,34)(H,31,32)/t22-/m0/s1. The van der Waals surface area contributed by atoms with Crippen LogP contribution < -0.4 is 10.2 Å². The van der Waals surface area contributed by atoms with Gasteiger partial charge in [-0.3, -0.25) is 9.69 Å². The minimum absolute atomic E-state index is 0.197. The van der Waals surface area contributed by atoms with E-state index in [9.17, 15) is 14.0 Å². The first kappa shape index (κ1) is 23.5. The number of rotatable bonds is 8. The van der Waals surface area contributed by atoms with Crippen molar-refractivity contribution in [1.82, 2.24) is 15.3 Å². The Labute approximate surface area is 208 Å². The van der Waals surface area contributed by atoms with Gasteiger partial charge in [-0.1, -0.05) is 36.4 Å². The molecule has 2 N–H and O–H groups in total. The van der Waals surface area contributed by atoms with Crippen molar-refractivity contribution in [1.29, 1.82) is 0 Å². The normalized spacial score (nSPS) is 15.3. The molecular formula is C28H27FN4O3. The minimum Gasteiger partial charge on any atom is -0.442 e. The van der Waals surface area contributed by atoms with Gasteiger partial charge >= 0.3 is 6.09 Å². The van der Waals surface area contributed by atoms with Crippen molar-refractivity contribution < 1.29 is 18.7 Å². The first-order valence-corrected chi connectivity index (χ1v) is 12.0. The Morgan fingerprint density at radius 1 is 1.14 bits per heavy atom. The third-order valence-electron chi connectivity index (χ3n) is 6.30. The van der Waals surface area contributed by atoms with E-state index < -0.39 is 18.0 Å². The second kappa shape index (κ2) is 10.2. The van der Waals surface area contributed by atoms with Crippen LogP contribution in [0.2, 0.25) is 0 Å². The molecule has 0 radical (unpaired) electrons. The van der Waals surface area contributed by atoms with Crippen LogP contribution in [0.1, 0.15) is 24.7 Å². The number of nitrogens with zero attached hydrogens (tertiary/aromatic N) is 2. The molecule has 1 fully saturated rings. The number of cyclic esters (lactones) is 1. The number of imidazole rings is 1. The Morgan fingerprint density at radius 2 is 1.94 bits per heavy atom. The molecule has 2 amide bonds. The molecule has 8 heteroatoms. The summed E-state index contributed by atoms with van der Waals surface area (Å²) in [7, 11) is 0. The van der Waals surface area contributed by atoms with Gasteiger partial charge in [0, 0.05) is 18.9 Å². The van der Waals surface area contributed by atoms with Gasteiger partial charge in [0.1, 0.15) is 17.7 Å². The summed E-state index contributed by atoms with van der Waals surface area (Å²) in [5.41, 5.74) is 4.88. The lowest BCUT2D eigenvalue weighted by Crippen LogP contribution is -2.33. The highest BCUT2D eigenvalue weighted by Crippen LogP contribution is 2.29. The molecule has 1 aromatic heterocycles. The van der Waals surface area contributed by atoms with Crippen LogP contribution in [-0.4, -0.2) is 41.2 Å². The number of aryl methyl sites for hydroxylation is 2. The third kappa shape index (κ3) is 5.22. The second-order valence-corrected chi connectivity index (χ2v) is 8.97. The lowest BCUT2D eigenvalue weighted by molar-refractivity contribution is -0.119. The van der Waals surface area contributed by atoms with Crippen LogP contribution in [0.3, 0.4) is 0 Å². The Bertz CT molecular complexity index is 1370. The van der Waals surface area contributed by atoms with Crippen molar-refractivity contribution in [2.45, 2.75) is 32.3 Å². The maximum atomic E-state index is 15.0. The number of nitrogens with one attached hydrogen (secondary N) is 2. The summed E-state index contributed by atoms with van der Waals surface area (Å²) < 4.78 is 20.3. The van der Waals surface area contributed by atoms with Gasteiger partial charge in [-0.2, -0.15) is 0 Å². The molecule has 0 spiro atoms. The number of hydrogen-bond acceptors (Lipinski definition) is 4. The molecule has 5 rings (SSSR count). The molecule has 1 aliphatic rings. The molecule has 36 heavy (non-hydrogen) atoms. The number of carbonyl (C=O) groups is 2. The molecule has 0 saturated carbocycles. The SMILES string of the molecule is CC(=O)NC[C@H]1CN(c2ccc(-c3ccc(CCCc4nc5ccccc5[nH]4)cc3)c(F)c2)C(=O)O1. The highest BCUT2D eigenvalue weighted by atomic mass is 19.1. The van der Waals surface area contributed by atoms with Crippen molar-refractivity contribution in [3.63, 3.8) is 0 Å². The summed E-state index contributed by atoms with van der Waals surface area (Å²) in [4.78, 5) is 32.7. The predicted octanol–water partition coefficient (Wildman–Crippen LogP) is 5.01. The first-order valence-electron chi connectivity index (χ1n) is 12.0. The molecule has 184 valence electrons. The smallest absolute Gasteiger partial charge is 0.414 e. The van der Waals surface area contributed by atoms with Crippen molar-refractivity contribution in [3.05, 3.63) is 83.9 Å². The first-order chi connectivity index (χ1) is 17.5. The largest absolute Gasteiger partial charge is 0.442 e. The number of H-pyrrole nitrogens is 1. The summed E-state index contributed by atoms with van der Waals surface area (Å²) >= 11 is 0. The van der Waals surface area contributed by atoms with Gasteiger partial charge in [0.25, 0.3) is 0 Å². The number of amides is 2. The number of anilines is 1. The Balaban J connectivity index is 1.19. The molecule has 1 aliphatic heterocycles. The minimum atomic E-state index is -0.551. The Hall–Kier alpha value is -4.20. The third-order valence-corrected chi connectivity index (χ3v) is 6.30. The highest BCUT2D eigenvalue weighted by Gasteiger charge is 2.32. The van der Waals surface area contributed by atoms with Crippen LogP contribution in [0.25, 0.3) is 22.2 Å². The Morgan fingerprint density at radius 3 is 2.69 bits per heavy atom. The van der Waals surface area contributed by atoms with Crippen molar-refractivity contribution in [3.8, 4) is 11.1 Å². The zero-order chi connectivity index (χ0) is 25.1. The van der Waals surface area contributed by atoms with Gasteiger partial charge in [-0.05, 0) is 54.3 Å². The van der Waals surface area contributed by atoms with E-state index in [1.807, 2.05) is 48.5 Å². The second-order valence-electron chi connectivity index (χ2n) is 8.97. The Kier molecular flexibility index (Phi) is 6.66. The van der Waals surface area contributed by atoms with Crippen LogP contribution in [0.4, 0.5) is 14.9 Å². The average Bonchev–Trinajstić information content (AvgIpc) is 3.46. The molecule has 2 heterocycles. The number of fused-ring (bicyclic) bond motifs is 1. The van der Waals surface area contributed by atoms with Gasteiger partial charge in [0.05, 0.1) is 29.8 Å². The molecule has 3 aromatic carbocycles. The number of hydrogen-bond donors (Lipinski definition) is 2. The van der Waals surface area contributed by atoms with E-state index >= 15 is 0 Å². The number of aromatic nitrogens is 2. The molecule has 0 aliphatic carbocycles. The van der Waals surface area contributed by atoms with E-state index in [-0.39, 0.29) is 19.0 Å². The number of halogens is 1. The van der Waals surface area contributed by atoms with Crippen LogP contribution >= 0.6 is 0 Å².